The van der Waals surface area contributed by atoms with Crippen LogP contribution in [0.3, 0.4) is 0 Å². The number of rotatable bonds is 4. The molecule has 0 heterocycles. The second kappa shape index (κ2) is 4.78. The zero-order chi connectivity index (χ0) is 6.41. The average Bonchev–Trinajstić information content (AvgIpc) is 1.66. The van der Waals surface area contributed by atoms with E-state index in [0.29, 0.717) is 5.71 Å². The Morgan fingerprint density at radius 3 is 2.50 bits per heavy atom. The zero-order valence-electron chi connectivity index (χ0n) is 5.28. The van der Waals surface area contributed by atoms with E-state index in [-0.39, 0.29) is 6.61 Å². The molecule has 0 atom stereocenters. The Labute approximate surface area is 50.0 Å². The molecule has 0 amide bonds. The molecule has 0 unspecified atom stereocenters. The molecule has 0 fully saturated rings. The monoisotopic (exact) mass is 115 g/mol. The summed E-state index contributed by atoms with van der Waals surface area (Å²) in [6.07, 6.45) is 2.61. The van der Waals surface area contributed by atoms with Crippen molar-refractivity contribution in [1.82, 2.24) is 0 Å². The van der Waals surface area contributed by atoms with Crippen LogP contribution in [0.25, 0.3) is 0 Å². The molecule has 48 valence electrons. The summed E-state index contributed by atoms with van der Waals surface area (Å²) < 4.78 is 0. The molecule has 0 aromatic carbocycles. The van der Waals surface area contributed by atoms with Gasteiger partial charge in [0.1, 0.15) is 0 Å². The van der Waals surface area contributed by atoms with Gasteiger partial charge in [0.25, 0.3) is 0 Å². The normalized spacial score (nSPS) is 9.25. The molecule has 0 rings (SSSR count). The lowest BCUT2D eigenvalue weighted by Gasteiger charge is -1.93. The van der Waals surface area contributed by atoms with Crippen LogP contribution < -0.4 is 0 Å². The molecule has 0 spiro atoms. The summed E-state index contributed by atoms with van der Waals surface area (Å²) in [6.45, 7) is 2.05. The second-order valence-electron chi connectivity index (χ2n) is 1.96. The molecule has 2 N–H and O–H groups in total. The summed E-state index contributed by atoms with van der Waals surface area (Å²) in [7, 11) is 0. The van der Waals surface area contributed by atoms with Crippen LogP contribution in [0.2, 0.25) is 0 Å². The molecular weight excluding hydrogens is 102 g/mol. The Bertz CT molecular complexity index is 70.9. The van der Waals surface area contributed by atoms with Crippen molar-refractivity contribution in [3.63, 3.8) is 0 Å². The highest BCUT2D eigenvalue weighted by Gasteiger charge is 1.86. The topological polar surface area (TPSA) is 44.1 Å². The van der Waals surface area contributed by atoms with Gasteiger partial charge in [-0.1, -0.05) is 0 Å². The molecule has 0 aliphatic heterocycles. The minimum atomic E-state index is 0.257. The molecule has 0 aromatic rings. The maximum Gasteiger partial charge on any atom is 0.0431 e. The Balaban J connectivity index is 2.82. The highest BCUT2D eigenvalue weighted by Crippen LogP contribution is 1.93. The van der Waals surface area contributed by atoms with Crippen LogP contribution in [0.5, 0.6) is 0 Å². The van der Waals surface area contributed by atoms with Gasteiger partial charge in [-0.3, -0.25) is 0 Å². The molecule has 0 aromatic heterocycles. The molecule has 0 saturated heterocycles. The van der Waals surface area contributed by atoms with Crippen molar-refractivity contribution in [2.24, 2.45) is 0 Å². The van der Waals surface area contributed by atoms with Gasteiger partial charge in [-0.05, 0) is 26.2 Å². The van der Waals surface area contributed by atoms with Gasteiger partial charge in [0.05, 0.1) is 0 Å². The highest BCUT2D eigenvalue weighted by molar-refractivity contribution is 5.78. The van der Waals surface area contributed by atoms with E-state index in [1.165, 1.54) is 0 Å². The van der Waals surface area contributed by atoms with Crippen molar-refractivity contribution in [3.05, 3.63) is 0 Å². The third-order valence-corrected chi connectivity index (χ3v) is 0.960. The number of hydrogen-bond donors (Lipinski definition) is 2. The van der Waals surface area contributed by atoms with E-state index in [1.54, 1.807) is 6.92 Å². The predicted octanol–water partition coefficient (Wildman–Crippen LogP) is 1.19. The first-order chi connectivity index (χ1) is 3.77. The summed E-state index contributed by atoms with van der Waals surface area (Å²) in [6, 6.07) is 0. The van der Waals surface area contributed by atoms with E-state index in [2.05, 4.69) is 0 Å². The van der Waals surface area contributed by atoms with Gasteiger partial charge in [-0.25, -0.2) is 0 Å². The quantitative estimate of drug-likeness (QED) is 0.419. The van der Waals surface area contributed by atoms with Crippen LogP contribution in [-0.4, -0.2) is 17.4 Å². The van der Waals surface area contributed by atoms with Crippen LogP contribution in [0.1, 0.15) is 26.2 Å². The van der Waals surface area contributed by atoms with Crippen molar-refractivity contribution >= 4 is 5.71 Å². The lowest BCUT2D eigenvalue weighted by atomic mass is 10.2. The fourth-order valence-electron chi connectivity index (χ4n) is 0.502. The SMILES string of the molecule is CC(=N)CCCCO. The van der Waals surface area contributed by atoms with Crippen LogP contribution in [-0.2, 0) is 0 Å². The fourth-order valence-corrected chi connectivity index (χ4v) is 0.502. The molecule has 0 aliphatic rings. The summed E-state index contributed by atoms with van der Waals surface area (Å²) in [5.74, 6) is 0. The number of aliphatic hydroxyl groups is 1. The first-order valence-electron chi connectivity index (χ1n) is 2.92. The Morgan fingerprint density at radius 1 is 1.50 bits per heavy atom. The Kier molecular flexibility index (Phi) is 4.56. The largest absolute Gasteiger partial charge is 0.396 e. The fraction of sp³-hybridized carbons (Fsp3) is 0.833. The van der Waals surface area contributed by atoms with Crippen LogP contribution in [0.4, 0.5) is 0 Å². The van der Waals surface area contributed by atoms with Gasteiger partial charge in [-0.15, -0.1) is 0 Å². The number of hydrogen-bond acceptors (Lipinski definition) is 2. The number of unbranched alkanes of at least 4 members (excludes halogenated alkanes) is 1. The molecule has 2 heteroatoms. The summed E-state index contributed by atoms with van der Waals surface area (Å²) in [5.41, 5.74) is 0.707. The lowest BCUT2D eigenvalue weighted by molar-refractivity contribution is 0.285. The Morgan fingerprint density at radius 2 is 2.12 bits per heavy atom. The van der Waals surface area contributed by atoms with Gasteiger partial charge in [0, 0.05) is 12.3 Å². The first-order valence-corrected chi connectivity index (χ1v) is 2.92. The zero-order valence-corrected chi connectivity index (χ0v) is 5.28. The third-order valence-electron chi connectivity index (χ3n) is 0.960. The van der Waals surface area contributed by atoms with Gasteiger partial charge < -0.3 is 10.5 Å². The standard InChI is InChI=1S/C6H13NO/c1-6(7)4-2-3-5-8/h7-8H,2-5H2,1H3. The summed E-state index contributed by atoms with van der Waals surface area (Å²) in [5, 5.41) is 15.3. The smallest absolute Gasteiger partial charge is 0.0431 e. The predicted molar refractivity (Wildman–Crippen MR) is 34.3 cm³/mol. The highest BCUT2D eigenvalue weighted by atomic mass is 16.2. The van der Waals surface area contributed by atoms with Crippen molar-refractivity contribution in [2.75, 3.05) is 6.61 Å². The van der Waals surface area contributed by atoms with Gasteiger partial charge >= 0.3 is 0 Å². The molecule has 0 radical (unpaired) electrons. The third kappa shape index (κ3) is 5.63. The van der Waals surface area contributed by atoms with E-state index in [9.17, 15) is 0 Å². The molecule has 0 aliphatic carbocycles. The van der Waals surface area contributed by atoms with Crippen molar-refractivity contribution in [3.8, 4) is 0 Å². The molecule has 8 heavy (non-hydrogen) atoms. The minimum Gasteiger partial charge on any atom is -0.396 e. The maximum atomic E-state index is 8.31. The second-order valence-corrected chi connectivity index (χ2v) is 1.96. The average molecular weight is 115 g/mol. The van der Waals surface area contributed by atoms with Crippen LogP contribution >= 0.6 is 0 Å². The van der Waals surface area contributed by atoms with E-state index in [4.69, 9.17) is 10.5 Å². The molecule has 2 nitrogen and oxygen atoms in total. The van der Waals surface area contributed by atoms with Crippen LogP contribution in [0, 0.1) is 5.41 Å². The van der Waals surface area contributed by atoms with Gasteiger partial charge in [0.15, 0.2) is 0 Å². The van der Waals surface area contributed by atoms with Gasteiger partial charge in [-0.2, -0.15) is 0 Å². The minimum absolute atomic E-state index is 0.257. The first kappa shape index (κ1) is 7.63. The number of aliphatic hydroxyl groups excluding tert-OH is 1. The molecular formula is C6H13NO. The number of nitrogens with one attached hydrogen (secondary N) is 1. The molecule has 0 saturated carbocycles. The van der Waals surface area contributed by atoms with E-state index in [1.807, 2.05) is 0 Å². The van der Waals surface area contributed by atoms with E-state index in [0.717, 1.165) is 19.3 Å². The molecule has 0 bridgehead atoms. The van der Waals surface area contributed by atoms with E-state index < -0.39 is 0 Å². The van der Waals surface area contributed by atoms with Crippen molar-refractivity contribution in [2.45, 2.75) is 26.2 Å². The lowest BCUT2D eigenvalue weighted by Crippen LogP contribution is -1.89. The van der Waals surface area contributed by atoms with Crippen LogP contribution in [0.15, 0.2) is 0 Å². The summed E-state index contributed by atoms with van der Waals surface area (Å²) >= 11 is 0. The Hall–Kier alpha value is -0.370. The van der Waals surface area contributed by atoms with Crippen molar-refractivity contribution in [1.29, 1.82) is 5.41 Å². The maximum absolute atomic E-state index is 8.31. The van der Waals surface area contributed by atoms with Gasteiger partial charge in [0.2, 0.25) is 0 Å². The van der Waals surface area contributed by atoms with E-state index >= 15 is 0 Å². The van der Waals surface area contributed by atoms with Crippen molar-refractivity contribution < 1.29 is 5.11 Å². The summed E-state index contributed by atoms with van der Waals surface area (Å²) in [4.78, 5) is 0.